The van der Waals surface area contributed by atoms with E-state index in [9.17, 15) is 4.79 Å². The molecular weight excluding hydrogens is 398 g/mol. The number of unbranched alkanes of at least 4 members (excludes halogenated alkanes) is 1. The number of para-hydroxylation sites is 1. The van der Waals surface area contributed by atoms with Crippen LogP contribution in [0.4, 0.5) is 0 Å². The normalized spacial score (nSPS) is 11.2. The quantitative estimate of drug-likeness (QED) is 0.215. The summed E-state index contributed by atoms with van der Waals surface area (Å²) in [6.07, 6.45) is 5.86. The van der Waals surface area contributed by atoms with Gasteiger partial charge in [0.2, 0.25) is 0 Å². The molecule has 162 valence electrons. The molecule has 0 atom stereocenters. The number of hydrogen-bond donors (Lipinski definition) is 1. The van der Waals surface area contributed by atoms with Crippen LogP contribution >= 0.6 is 0 Å². The van der Waals surface area contributed by atoms with Gasteiger partial charge >= 0.3 is 0 Å². The van der Waals surface area contributed by atoms with E-state index in [0.29, 0.717) is 12.2 Å². The van der Waals surface area contributed by atoms with Gasteiger partial charge in [0.25, 0.3) is 5.91 Å². The Labute approximate surface area is 188 Å². The fourth-order valence-corrected chi connectivity index (χ4v) is 3.55. The van der Waals surface area contributed by atoms with Crippen molar-refractivity contribution in [2.24, 2.45) is 5.10 Å². The Morgan fingerprint density at radius 3 is 2.53 bits per heavy atom. The highest BCUT2D eigenvalue weighted by atomic mass is 16.5. The first-order chi connectivity index (χ1) is 15.7. The van der Waals surface area contributed by atoms with Crippen LogP contribution in [0.1, 0.15) is 41.3 Å². The molecule has 0 unspecified atom stereocenters. The molecule has 5 heteroatoms. The van der Waals surface area contributed by atoms with Crippen LogP contribution in [0.5, 0.6) is 5.75 Å². The second-order valence-corrected chi connectivity index (χ2v) is 7.64. The first kappa shape index (κ1) is 21.4. The number of carbonyl (C=O) groups is 1. The maximum atomic E-state index is 12.4. The van der Waals surface area contributed by atoms with E-state index in [4.69, 9.17) is 4.74 Å². The molecule has 4 aromatic rings. The van der Waals surface area contributed by atoms with Crippen molar-refractivity contribution >= 4 is 23.0 Å². The zero-order chi connectivity index (χ0) is 22.2. The molecular formula is C27H27N3O2. The van der Waals surface area contributed by atoms with Gasteiger partial charge < -0.3 is 9.30 Å². The summed E-state index contributed by atoms with van der Waals surface area (Å²) in [5.74, 6) is 0.513. The molecule has 0 aliphatic carbocycles. The van der Waals surface area contributed by atoms with Gasteiger partial charge in [-0.2, -0.15) is 5.10 Å². The van der Waals surface area contributed by atoms with Gasteiger partial charge in [0.1, 0.15) is 5.75 Å². The van der Waals surface area contributed by atoms with Crippen molar-refractivity contribution in [3.63, 3.8) is 0 Å². The second-order valence-electron chi connectivity index (χ2n) is 7.64. The van der Waals surface area contributed by atoms with Crippen molar-refractivity contribution in [2.45, 2.75) is 26.3 Å². The van der Waals surface area contributed by atoms with Crippen LogP contribution in [0.25, 0.3) is 10.9 Å². The molecule has 0 aliphatic heterocycles. The number of nitrogens with one attached hydrogen (secondary N) is 1. The number of hydrazone groups is 1. The highest BCUT2D eigenvalue weighted by Gasteiger charge is 2.08. The Morgan fingerprint density at radius 1 is 1.00 bits per heavy atom. The standard InChI is InChI=1S/C27H27N3O2/c1-2-3-17-32-24-15-13-22(14-16-24)27(31)29-28-18-23-20-30(19-21-9-5-4-6-10-21)26-12-8-7-11-25(23)26/h4-16,18,20H,2-3,17,19H2,1H3,(H,29,31)/b28-18+. The zero-order valence-corrected chi connectivity index (χ0v) is 18.2. The summed E-state index contributed by atoms with van der Waals surface area (Å²) >= 11 is 0. The molecule has 0 radical (unpaired) electrons. The van der Waals surface area contributed by atoms with Gasteiger partial charge in [-0.1, -0.05) is 61.9 Å². The van der Waals surface area contributed by atoms with Gasteiger partial charge in [0.05, 0.1) is 12.8 Å². The third-order valence-electron chi connectivity index (χ3n) is 5.27. The van der Waals surface area contributed by atoms with Crippen molar-refractivity contribution in [3.8, 4) is 5.75 Å². The lowest BCUT2D eigenvalue weighted by Crippen LogP contribution is -2.17. The van der Waals surface area contributed by atoms with Gasteiger partial charge in [-0.3, -0.25) is 4.79 Å². The van der Waals surface area contributed by atoms with E-state index in [1.54, 1.807) is 18.3 Å². The minimum Gasteiger partial charge on any atom is -0.494 e. The van der Waals surface area contributed by atoms with Gasteiger partial charge in [0, 0.05) is 34.8 Å². The number of hydrogen-bond acceptors (Lipinski definition) is 3. The second kappa shape index (κ2) is 10.4. The molecule has 1 amide bonds. The number of carbonyl (C=O) groups excluding carboxylic acids is 1. The van der Waals surface area contributed by atoms with Crippen molar-refractivity contribution < 1.29 is 9.53 Å². The van der Waals surface area contributed by atoms with Gasteiger partial charge in [0.15, 0.2) is 0 Å². The predicted octanol–water partition coefficient (Wildman–Crippen LogP) is 5.63. The summed E-state index contributed by atoms with van der Waals surface area (Å²) < 4.78 is 7.84. The maximum absolute atomic E-state index is 12.4. The SMILES string of the molecule is CCCCOc1ccc(C(=O)N/N=C/c2cn(Cc3ccccc3)c3ccccc23)cc1. The Balaban J connectivity index is 1.44. The maximum Gasteiger partial charge on any atom is 0.271 e. The summed E-state index contributed by atoms with van der Waals surface area (Å²) in [4.78, 5) is 12.4. The number of rotatable bonds is 9. The highest BCUT2D eigenvalue weighted by Crippen LogP contribution is 2.21. The average molecular weight is 426 g/mol. The molecule has 1 N–H and O–H groups in total. The monoisotopic (exact) mass is 425 g/mol. The third kappa shape index (κ3) is 5.24. The fraction of sp³-hybridized carbons (Fsp3) is 0.185. The van der Waals surface area contributed by atoms with Crippen LogP contribution in [-0.4, -0.2) is 23.3 Å². The number of benzene rings is 3. The number of nitrogens with zero attached hydrogens (tertiary/aromatic N) is 2. The van der Waals surface area contributed by atoms with E-state index in [2.05, 4.69) is 52.5 Å². The third-order valence-corrected chi connectivity index (χ3v) is 5.27. The molecule has 4 rings (SSSR count). The Kier molecular flexibility index (Phi) is 6.98. The zero-order valence-electron chi connectivity index (χ0n) is 18.2. The minimum absolute atomic E-state index is 0.255. The van der Waals surface area contributed by atoms with E-state index >= 15 is 0 Å². The van der Waals surface area contributed by atoms with Crippen LogP contribution in [0.3, 0.4) is 0 Å². The van der Waals surface area contributed by atoms with E-state index in [-0.39, 0.29) is 5.91 Å². The van der Waals surface area contributed by atoms with Gasteiger partial charge in [-0.05, 0) is 42.3 Å². The lowest BCUT2D eigenvalue weighted by atomic mass is 10.2. The summed E-state index contributed by atoms with van der Waals surface area (Å²) in [6, 6.07) is 25.7. The van der Waals surface area contributed by atoms with Crippen molar-refractivity contribution in [2.75, 3.05) is 6.61 Å². The van der Waals surface area contributed by atoms with E-state index in [1.807, 2.05) is 42.5 Å². The molecule has 5 nitrogen and oxygen atoms in total. The topological polar surface area (TPSA) is 55.6 Å². The summed E-state index contributed by atoms with van der Waals surface area (Å²) in [5, 5.41) is 5.29. The Hall–Kier alpha value is -3.86. The van der Waals surface area contributed by atoms with E-state index in [0.717, 1.165) is 41.6 Å². The molecule has 1 heterocycles. The summed E-state index contributed by atoms with van der Waals surface area (Å²) in [6.45, 7) is 3.58. The first-order valence-electron chi connectivity index (χ1n) is 10.9. The summed E-state index contributed by atoms with van der Waals surface area (Å²) in [5.41, 5.74) is 6.47. The summed E-state index contributed by atoms with van der Waals surface area (Å²) in [7, 11) is 0. The molecule has 0 spiro atoms. The van der Waals surface area contributed by atoms with Crippen LogP contribution in [-0.2, 0) is 6.54 Å². The van der Waals surface area contributed by atoms with Crippen LogP contribution in [0, 0.1) is 0 Å². The van der Waals surface area contributed by atoms with Crippen molar-refractivity contribution in [1.29, 1.82) is 0 Å². The molecule has 3 aromatic carbocycles. The van der Waals surface area contributed by atoms with Crippen molar-refractivity contribution in [3.05, 3.63) is 102 Å². The van der Waals surface area contributed by atoms with Gasteiger partial charge in [-0.15, -0.1) is 0 Å². The average Bonchev–Trinajstić information content (AvgIpc) is 3.18. The molecule has 0 aliphatic rings. The molecule has 1 aromatic heterocycles. The predicted molar refractivity (Wildman–Crippen MR) is 129 cm³/mol. The smallest absolute Gasteiger partial charge is 0.271 e. The first-order valence-corrected chi connectivity index (χ1v) is 10.9. The Morgan fingerprint density at radius 2 is 1.75 bits per heavy atom. The van der Waals surface area contributed by atoms with Crippen LogP contribution in [0.15, 0.2) is 90.2 Å². The number of fused-ring (bicyclic) bond motifs is 1. The van der Waals surface area contributed by atoms with E-state index < -0.39 is 0 Å². The lowest BCUT2D eigenvalue weighted by molar-refractivity contribution is 0.0955. The number of ether oxygens (including phenoxy) is 1. The molecule has 0 saturated heterocycles. The van der Waals surface area contributed by atoms with Crippen LogP contribution < -0.4 is 10.2 Å². The van der Waals surface area contributed by atoms with Crippen LogP contribution in [0.2, 0.25) is 0 Å². The molecule has 0 saturated carbocycles. The molecule has 0 fully saturated rings. The fourth-order valence-electron chi connectivity index (χ4n) is 3.55. The number of aromatic nitrogens is 1. The Bertz CT molecular complexity index is 1190. The van der Waals surface area contributed by atoms with E-state index in [1.165, 1.54) is 5.56 Å². The molecule has 0 bridgehead atoms. The minimum atomic E-state index is -0.255. The van der Waals surface area contributed by atoms with Gasteiger partial charge in [-0.25, -0.2) is 5.43 Å². The largest absolute Gasteiger partial charge is 0.494 e. The number of amides is 1. The highest BCUT2D eigenvalue weighted by molar-refractivity contribution is 6.00. The molecule has 32 heavy (non-hydrogen) atoms. The van der Waals surface area contributed by atoms with Crippen molar-refractivity contribution in [1.82, 2.24) is 9.99 Å². The lowest BCUT2D eigenvalue weighted by Gasteiger charge is -2.05.